The Hall–Kier alpha value is -5.54. The lowest BCUT2D eigenvalue weighted by molar-refractivity contribution is 0.415. The summed E-state index contributed by atoms with van der Waals surface area (Å²) >= 11 is 3.52. The second-order valence-electron chi connectivity index (χ2n) is 10.7. The number of para-hydroxylation sites is 1. The Kier molecular flexibility index (Phi) is 7.90. The van der Waals surface area contributed by atoms with Crippen LogP contribution in [0, 0.1) is 6.92 Å². The molecule has 226 valence electrons. The molecule has 0 saturated carbocycles. The Bertz CT molecular complexity index is 2060. The number of aromatic nitrogens is 6. The zero-order valence-corrected chi connectivity index (χ0v) is 27.0. The molecule has 0 atom stereocenters. The van der Waals surface area contributed by atoms with Crippen molar-refractivity contribution in [2.24, 2.45) is 0 Å². The fourth-order valence-electron chi connectivity index (χ4n) is 5.35. The van der Waals surface area contributed by atoms with Gasteiger partial charge in [0.1, 0.15) is 22.9 Å². The quantitative estimate of drug-likeness (QED) is 0.161. The van der Waals surface area contributed by atoms with Gasteiger partial charge < -0.3 is 9.47 Å². The van der Waals surface area contributed by atoms with Gasteiger partial charge in [-0.05, 0) is 110 Å². The molecule has 0 saturated heterocycles. The van der Waals surface area contributed by atoms with E-state index in [0.717, 1.165) is 72.4 Å². The van der Waals surface area contributed by atoms with E-state index in [0.29, 0.717) is 5.69 Å². The van der Waals surface area contributed by atoms with Gasteiger partial charge in [0.2, 0.25) is 0 Å². The summed E-state index contributed by atoms with van der Waals surface area (Å²) in [7, 11) is 3.33. The first-order chi connectivity index (χ1) is 22.5. The number of halogens is 1. The predicted octanol–water partition coefficient (Wildman–Crippen LogP) is 8.60. The van der Waals surface area contributed by atoms with E-state index in [2.05, 4.69) is 38.4 Å². The molecule has 7 aromatic rings. The van der Waals surface area contributed by atoms with Crippen LogP contribution in [0.2, 0.25) is 0 Å². The van der Waals surface area contributed by atoms with Crippen LogP contribution in [0.4, 0.5) is 0 Å². The maximum Gasteiger partial charge on any atom is 0.137 e. The molecule has 3 aromatic heterocycles. The Morgan fingerprint density at radius 3 is 1.78 bits per heavy atom. The van der Waals surface area contributed by atoms with Crippen LogP contribution in [0.5, 0.6) is 11.5 Å². The molecular weight excluding hydrogens is 640 g/mol. The van der Waals surface area contributed by atoms with Gasteiger partial charge in [-0.15, -0.1) is 5.10 Å². The summed E-state index contributed by atoms with van der Waals surface area (Å²) in [5, 5.41) is 14.3. The van der Waals surface area contributed by atoms with Crippen LogP contribution < -0.4 is 9.47 Å². The van der Waals surface area contributed by atoms with E-state index >= 15 is 0 Å². The van der Waals surface area contributed by atoms with Gasteiger partial charge >= 0.3 is 0 Å². The van der Waals surface area contributed by atoms with E-state index in [1.165, 1.54) is 0 Å². The van der Waals surface area contributed by atoms with Crippen molar-refractivity contribution in [3.63, 3.8) is 0 Å². The lowest BCUT2D eigenvalue weighted by Gasteiger charge is -2.11. The normalized spacial score (nSPS) is 11.0. The SMILES string of the molecule is COc1ccc(-c2cc(-c3cn(-c4ccccc4)nc3-c3nnn(-c4ccc(Br)cc4)c3C)cc(-c3ccc(OC)cc3)n2)cc1. The minimum absolute atomic E-state index is 0.696. The monoisotopic (exact) mass is 668 g/mol. The van der Waals surface area contributed by atoms with Crippen LogP contribution in [0.25, 0.3) is 56.4 Å². The molecule has 8 nitrogen and oxygen atoms in total. The van der Waals surface area contributed by atoms with Gasteiger partial charge in [0, 0.05) is 27.4 Å². The van der Waals surface area contributed by atoms with Crippen molar-refractivity contribution >= 4 is 15.9 Å². The van der Waals surface area contributed by atoms with E-state index in [-0.39, 0.29) is 0 Å². The number of rotatable bonds is 8. The number of ether oxygens (including phenoxy) is 2. The van der Waals surface area contributed by atoms with Crippen molar-refractivity contribution in [2.45, 2.75) is 6.92 Å². The zero-order chi connectivity index (χ0) is 31.6. The topological polar surface area (TPSA) is 79.9 Å². The van der Waals surface area contributed by atoms with Gasteiger partial charge in [0.15, 0.2) is 0 Å². The van der Waals surface area contributed by atoms with Crippen LogP contribution in [0.3, 0.4) is 0 Å². The highest BCUT2D eigenvalue weighted by Gasteiger charge is 2.22. The van der Waals surface area contributed by atoms with Gasteiger partial charge in [-0.2, -0.15) is 5.10 Å². The van der Waals surface area contributed by atoms with Crippen LogP contribution in [-0.2, 0) is 0 Å². The third-order valence-corrected chi connectivity index (χ3v) is 8.36. The van der Waals surface area contributed by atoms with E-state index in [1.807, 2.05) is 126 Å². The van der Waals surface area contributed by atoms with Crippen molar-refractivity contribution < 1.29 is 9.47 Å². The molecule has 4 aromatic carbocycles. The van der Waals surface area contributed by atoms with Crippen molar-refractivity contribution in [2.75, 3.05) is 14.2 Å². The summed E-state index contributed by atoms with van der Waals surface area (Å²) in [5.41, 5.74) is 9.56. The molecule has 0 unspecified atom stereocenters. The van der Waals surface area contributed by atoms with E-state index in [4.69, 9.17) is 19.6 Å². The van der Waals surface area contributed by atoms with Crippen LogP contribution in [0.1, 0.15) is 5.69 Å². The molecule has 0 N–H and O–H groups in total. The minimum atomic E-state index is 0.696. The summed E-state index contributed by atoms with van der Waals surface area (Å²) in [5.74, 6) is 1.57. The minimum Gasteiger partial charge on any atom is -0.497 e. The zero-order valence-electron chi connectivity index (χ0n) is 25.4. The Balaban J connectivity index is 1.43. The smallest absolute Gasteiger partial charge is 0.137 e. The summed E-state index contributed by atoms with van der Waals surface area (Å²) in [6, 6.07) is 38.1. The highest BCUT2D eigenvalue weighted by molar-refractivity contribution is 9.10. The summed E-state index contributed by atoms with van der Waals surface area (Å²) in [6.07, 6.45) is 2.05. The van der Waals surface area contributed by atoms with E-state index in [9.17, 15) is 0 Å². The Morgan fingerprint density at radius 2 is 1.22 bits per heavy atom. The van der Waals surface area contributed by atoms with Crippen molar-refractivity contribution in [3.8, 4) is 67.9 Å². The molecule has 0 amide bonds. The summed E-state index contributed by atoms with van der Waals surface area (Å²) in [4.78, 5) is 5.10. The van der Waals surface area contributed by atoms with Gasteiger partial charge in [-0.25, -0.2) is 14.3 Å². The van der Waals surface area contributed by atoms with E-state index < -0.39 is 0 Å². The fourth-order valence-corrected chi connectivity index (χ4v) is 5.62. The molecule has 0 bridgehead atoms. The van der Waals surface area contributed by atoms with Crippen molar-refractivity contribution in [1.29, 1.82) is 0 Å². The Labute approximate surface area is 275 Å². The number of pyridine rings is 1. The van der Waals surface area contributed by atoms with Gasteiger partial charge in [0.25, 0.3) is 0 Å². The van der Waals surface area contributed by atoms with Crippen molar-refractivity contribution in [1.82, 2.24) is 29.8 Å². The summed E-state index contributed by atoms with van der Waals surface area (Å²) in [6.45, 7) is 2.01. The average molecular weight is 670 g/mol. The lowest BCUT2D eigenvalue weighted by Crippen LogP contribution is -1.99. The summed E-state index contributed by atoms with van der Waals surface area (Å²) < 4.78 is 15.6. The second kappa shape index (κ2) is 12.5. The number of hydrogen-bond donors (Lipinski definition) is 0. The number of nitrogens with zero attached hydrogens (tertiary/aromatic N) is 6. The van der Waals surface area contributed by atoms with Gasteiger partial charge in [-0.1, -0.05) is 39.3 Å². The van der Waals surface area contributed by atoms with Crippen LogP contribution in [-0.4, -0.2) is 44.0 Å². The molecule has 0 aliphatic heterocycles. The highest BCUT2D eigenvalue weighted by Crippen LogP contribution is 2.37. The van der Waals surface area contributed by atoms with Gasteiger partial charge in [-0.3, -0.25) is 0 Å². The molecule has 0 aliphatic rings. The predicted molar refractivity (Wildman–Crippen MR) is 184 cm³/mol. The fraction of sp³-hybridized carbons (Fsp3) is 0.0811. The standard InChI is InChI=1S/C37H29BrN6O2/c1-24-36(40-42-44(24)30-15-13-28(38)14-16-30)37-33(23-43(41-37)29-7-5-4-6-8-29)27-21-34(25-9-17-31(45-2)18-10-25)39-35(22-27)26-11-19-32(46-3)20-12-26/h4-23H,1-3H3. The number of methoxy groups -OCH3 is 2. The molecule has 0 aliphatic carbocycles. The average Bonchev–Trinajstić information content (AvgIpc) is 3.73. The number of benzene rings is 4. The molecule has 0 spiro atoms. The Morgan fingerprint density at radius 1 is 0.630 bits per heavy atom. The van der Waals surface area contributed by atoms with Crippen LogP contribution in [0.15, 0.2) is 126 Å². The third kappa shape index (κ3) is 5.68. The molecule has 46 heavy (non-hydrogen) atoms. The van der Waals surface area contributed by atoms with Crippen molar-refractivity contribution in [3.05, 3.63) is 132 Å². The number of hydrogen-bond acceptors (Lipinski definition) is 6. The molecule has 0 radical (unpaired) electrons. The first-order valence-electron chi connectivity index (χ1n) is 14.7. The first-order valence-corrected chi connectivity index (χ1v) is 15.4. The molecule has 7 rings (SSSR count). The third-order valence-electron chi connectivity index (χ3n) is 7.83. The van der Waals surface area contributed by atoms with E-state index in [1.54, 1.807) is 14.2 Å². The maximum atomic E-state index is 5.41. The molecular formula is C37H29BrN6O2. The van der Waals surface area contributed by atoms with Gasteiger partial charge in [0.05, 0.1) is 42.7 Å². The lowest BCUT2D eigenvalue weighted by atomic mass is 9.99. The first kappa shape index (κ1) is 29.2. The maximum absolute atomic E-state index is 5.41. The highest BCUT2D eigenvalue weighted by atomic mass is 79.9. The second-order valence-corrected chi connectivity index (χ2v) is 11.6. The molecule has 0 fully saturated rings. The molecule has 3 heterocycles. The largest absolute Gasteiger partial charge is 0.497 e. The molecule has 9 heteroatoms. The van der Waals surface area contributed by atoms with Crippen LogP contribution >= 0.6 is 15.9 Å².